The van der Waals surface area contributed by atoms with Gasteiger partial charge in [-0.15, -0.1) is 5.10 Å². The first kappa shape index (κ1) is 11.6. The lowest BCUT2D eigenvalue weighted by molar-refractivity contribution is 0.0996. The van der Waals surface area contributed by atoms with Gasteiger partial charge >= 0.3 is 0 Å². The van der Waals surface area contributed by atoms with Gasteiger partial charge in [0.25, 0.3) is 5.91 Å². The van der Waals surface area contributed by atoms with E-state index < -0.39 is 0 Å². The average Bonchev–Trinajstić information content (AvgIpc) is 3.13. The lowest BCUT2D eigenvalue weighted by atomic mass is 10.2. The highest BCUT2D eigenvalue weighted by atomic mass is 32.1. The van der Waals surface area contributed by atoms with Gasteiger partial charge < -0.3 is 9.73 Å². The van der Waals surface area contributed by atoms with Crippen molar-refractivity contribution >= 4 is 23.1 Å². The van der Waals surface area contributed by atoms with Crippen LogP contribution in [0.2, 0.25) is 0 Å². The van der Waals surface area contributed by atoms with Crippen molar-refractivity contribution in [2.24, 2.45) is 0 Å². The summed E-state index contributed by atoms with van der Waals surface area (Å²) in [6.07, 6.45) is 3.18. The molecule has 1 aromatic carbocycles. The number of anilines is 1. The Morgan fingerprint density at radius 3 is 2.68 bits per heavy atom. The Hall–Kier alpha value is -2.47. The molecule has 94 valence electrons. The fourth-order valence-electron chi connectivity index (χ4n) is 1.61. The van der Waals surface area contributed by atoms with Gasteiger partial charge in [0.1, 0.15) is 0 Å². The minimum absolute atomic E-state index is 0.266. The van der Waals surface area contributed by atoms with E-state index >= 15 is 0 Å². The van der Waals surface area contributed by atoms with Gasteiger partial charge in [-0.2, -0.15) is 0 Å². The number of hydrogen-bond donors (Lipinski definition) is 1. The van der Waals surface area contributed by atoms with E-state index in [1.54, 1.807) is 18.3 Å². The van der Waals surface area contributed by atoms with Crippen LogP contribution in [-0.4, -0.2) is 15.5 Å². The van der Waals surface area contributed by atoms with Crippen LogP contribution in [0.3, 0.4) is 0 Å². The first-order valence-electron chi connectivity index (χ1n) is 5.55. The van der Waals surface area contributed by atoms with Crippen molar-refractivity contribution in [3.05, 3.63) is 54.6 Å². The summed E-state index contributed by atoms with van der Waals surface area (Å²) in [5, 5.41) is 6.55. The number of benzene rings is 1. The van der Waals surface area contributed by atoms with E-state index in [9.17, 15) is 4.79 Å². The van der Waals surface area contributed by atoms with E-state index in [4.69, 9.17) is 4.42 Å². The molecule has 6 heteroatoms. The summed E-state index contributed by atoms with van der Waals surface area (Å²) in [5.41, 5.74) is 1.73. The molecule has 0 spiro atoms. The first-order chi connectivity index (χ1) is 9.33. The fourth-order valence-corrected chi connectivity index (χ4v) is 2.13. The smallest absolute Gasteiger partial charge is 0.291 e. The number of carbonyl (C=O) groups excluding carboxylic acids is 1. The highest BCUT2D eigenvalue weighted by Gasteiger charge is 2.08. The number of carbonyl (C=O) groups is 1. The van der Waals surface area contributed by atoms with E-state index in [2.05, 4.69) is 14.9 Å². The van der Waals surface area contributed by atoms with E-state index in [1.165, 1.54) is 17.8 Å². The van der Waals surface area contributed by atoms with Crippen LogP contribution in [0.1, 0.15) is 10.6 Å². The fraction of sp³-hybridized carbons (Fsp3) is 0. The second-order valence-corrected chi connectivity index (χ2v) is 4.58. The minimum atomic E-state index is -0.266. The molecule has 0 fully saturated rings. The number of nitrogens with one attached hydrogen (secondary N) is 1. The van der Waals surface area contributed by atoms with Crippen LogP contribution in [0.15, 0.2) is 53.3 Å². The minimum Gasteiger partial charge on any atom is -0.459 e. The molecule has 0 radical (unpaired) electrons. The molecule has 0 saturated carbocycles. The molecule has 0 atom stereocenters. The maximum absolute atomic E-state index is 11.8. The van der Waals surface area contributed by atoms with Crippen molar-refractivity contribution in [1.29, 1.82) is 0 Å². The average molecular weight is 271 g/mol. The molecular weight excluding hydrogens is 262 g/mol. The Balaban J connectivity index is 1.75. The SMILES string of the molecule is O=C(Nc1ccc(-c2cnns2)cc1)c1ccco1. The van der Waals surface area contributed by atoms with Gasteiger partial charge in [-0.25, -0.2) is 0 Å². The molecule has 1 N–H and O–H groups in total. The Kier molecular flexibility index (Phi) is 3.07. The molecular formula is C13H9N3O2S. The van der Waals surface area contributed by atoms with Gasteiger partial charge in [-0.05, 0) is 41.4 Å². The van der Waals surface area contributed by atoms with Gasteiger partial charge in [0.05, 0.1) is 17.3 Å². The molecule has 0 aliphatic carbocycles. The van der Waals surface area contributed by atoms with Crippen molar-refractivity contribution in [3.63, 3.8) is 0 Å². The van der Waals surface area contributed by atoms with Crippen LogP contribution in [0, 0.1) is 0 Å². The van der Waals surface area contributed by atoms with Gasteiger partial charge in [0.2, 0.25) is 0 Å². The topological polar surface area (TPSA) is 68.0 Å². The van der Waals surface area contributed by atoms with Crippen molar-refractivity contribution in [2.45, 2.75) is 0 Å². The van der Waals surface area contributed by atoms with Crippen molar-refractivity contribution < 1.29 is 9.21 Å². The zero-order chi connectivity index (χ0) is 13.1. The van der Waals surface area contributed by atoms with Crippen LogP contribution in [0.4, 0.5) is 5.69 Å². The van der Waals surface area contributed by atoms with Gasteiger partial charge in [-0.3, -0.25) is 4.79 Å². The molecule has 0 aliphatic rings. The van der Waals surface area contributed by atoms with Crippen LogP contribution >= 0.6 is 11.5 Å². The standard InChI is InChI=1S/C13H9N3O2S/c17-13(11-2-1-7-18-11)15-10-5-3-9(4-6-10)12-8-14-16-19-12/h1-8H,(H,15,17). The molecule has 0 bridgehead atoms. The monoisotopic (exact) mass is 271 g/mol. The molecule has 3 aromatic rings. The molecule has 19 heavy (non-hydrogen) atoms. The van der Waals surface area contributed by atoms with Crippen LogP contribution in [-0.2, 0) is 0 Å². The van der Waals surface area contributed by atoms with E-state index in [0.29, 0.717) is 5.69 Å². The molecule has 3 rings (SSSR count). The summed E-state index contributed by atoms with van der Waals surface area (Å²) in [4.78, 5) is 12.8. The number of hydrogen-bond acceptors (Lipinski definition) is 5. The Bertz CT molecular complexity index is 661. The Labute approximate surface area is 113 Å². The number of aromatic nitrogens is 2. The Morgan fingerprint density at radius 1 is 1.21 bits per heavy atom. The largest absolute Gasteiger partial charge is 0.459 e. The third kappa shape index (κ3) is 2.53. The number of rotatable bonds is 3. The summed E-state index contributed by atoms with van der Waals surface area (Å²) in [6, 6.07) is 10.8. The first-order valence-corrected chi connectivity index (χ1v) is 6.33. The van der Waals surface area contributed by atoms with Gasteiger partial charge in [-0.1, -0.05) is 16.6 Å². The molecule has 5 nitrogen and oxygen atoms in total. The second kappa shape index (κ2) is 5.03. The molecule has 0 unspecified atom stereocenters. The third-order valence-electron chi connectivity index (χ3n) is 2.53. The predicted octanol–water partition coefficient (Wildman–Crippen LogP) is 3.05. The Morgan fingerprint density at radius 2 is 2.05 bits per heavy atom. The van der Waals surface area contributed by atoms with Crippen molar-refractivity contribution in [1.82, 2.24) is 9.59 Å². The summed E-state index contributed by atoms with van der Waals surface area (Å²) in [7, 11) is 0. The summed E-state index contributed by atoms with van der Waals surface area (Å²) in [6.45, 7) is 0. The molecule has 2 aromatic heterocycles. The molecule has 1 amide bonds. The summed E-state index contributed by atoms with van der Waals surface area (Å²) >= 11 is 1.33. The number of amides is 1. The van der Waals surface area contributed by atoms with Gasteiger partial charge in [0, 0.05) is 5.69 Å². The summed E-state index contributed by atoms with van der Waals surface area (Å²) in [5.74, 6) is 0.0212. The van der Waals surface area contributed by atoms with Crippen LogP contribution < -0.4 is 5.32 Å². The normalized spacial score (nSPS) is 10.3. The van der Waals surface area contributed by atoms with Crippen molar-refractivity contribution in [2.75, 3.05) is 5.32 Å². The van der Waals surface area contributed by atoms with E-state index in [1.807, 2.05) is 24.3 Å². The van der Waals surface area contributed by atoms with E-state index in [-0.39, 0.29) is 11.7 Å². The lowest BCUT2D eigenvalue weighted by Gasteiger charge is -2.03. The summed E-state index contributed by atoms with van der Waals surface area (Å²) < 4.78 is 8.84. The second-order valence-electron chi connectivity index (χ2n) is 3.79. The molecule has 0 aliphatic heterocycles. The van der Waals surface area contributed by atoms with Crippen molar-refractivity contribution in [3.8, 4) is 10.4 Å². The van der Waals surface area contributed by atoms with Crippen LogP contribution in [0.5, 0.6) is 0 Å². The van der Waals surface area contributed by atoms with E-state index in [0.717, 1.165) is 10.4 Å². The number of nitrogens with zero attached hydrogens (tertiary/aromatic N) is 2. The zero-order valence-electron chi connectivity index (χ0n) is 9.74. The van der Waals surface area contributed by atoms with Crippen LogP contribution in [0.25, 0.3) is 10.4 Å². The third-order valence-corrected chi connectivity index (χ3v) is 3.25. The highest BCUT2D eigenvalue weighted by Crippen LogP contribution is 2.23. The highest BCUT2D eigenvalue weighted by molar-refractivity contribution is 7.09. The quantitative estimate of drug-likeness (QED) is 0.795. The molecule has 0 saturated heterocycles. The predicted molar refractivity (Wildman–Crippen MR) is 72.0 cm³/mol. The zero-order valence-corrected chi connectivity index (χ0v) is 10.6. The lowest BCUT2D eigenvalue weighted by Crippen LogP contribution is -2.10. The van der Waals surface area contributed by atoms with Gasteiger partial charge in [0.15, 0.2) is 5.76 Å². The molecule has 2 heterocycles. The maximum atomic E-state index is 11.8. The number of furan rings is 1. The maximum Gasteiger partial charge on any atom is 0.291 e.